The van der Waals surface area contributed by atoms with Crippen molar-refractivity contribution in [2.45, 2.75) is 45.2 Å². The number of benzene rings is 2. The number of rotatable bonds is 7. The summed E-state index contributed by atoms with van der Waals surface area (Å²) >= 11 is 5.84. The normalized spacial score (nSPS) is 12.6. The average Bonchev–Trinajstić information content (AvgIpc) is 2.59. The van der Waals surface area contributed by atoms with E-state index in [2.05, 4.69) is 26.1 Å². The van der Waals surface area contributed by atoms with Gasteiger partial charge in [-0.1, -0.05) is 68.8 Å². The number of aliphatic carboxylic acids is 1. The Morgan fingerprint density at radius 2 is 1.62 bits per heavy atom. The summed E-state index contributed by atoms with van der Waals surface area (Å²) in [6.45, 7) is 6.66. The van der Waals surface area contributed by atoms with Crippen molar-refractivity contribution in [3.63, 3.8) is 0 Å². The summed E-state index contributed by atoms with van der Waals surface area (Å²) in [5.41, 5.74) is 2.57. The van der Waals surface area contributed by atoms with Gasteiger partial charge in [-0.05, 0) is 28.7 Å². The molecule has 2 N–H and O–H groups in total. The molecule has 0 aliphatic rings. The molecule has 138 valence electrons. The first-order chi connectivity index (χ1) is 12.2. The first-order valence-corrected chi connectivity index (χ1v) is 8.89. The van der Waals surface area contributed by atoms with Crippen LogP contribution in [0, 0.1) is 0 Å². The Bertz CT molecular complexity index is 761. The fourth-order valence-corrected chi connectivity index (χ4v) is 2.68. The van der Waals surface area contributed by atoms with Crippen LogP contribution >= 0.6 is 11.6 Å². The third-order valence-electron chi connectivity index (χ3n) is 4.23. The second-order valence-electron chi connectivity index (χ2n) is 7.35. The highest BCUT2D eigenvalue weighted by Crippen LogP contribution is 2.22. The van der Waals surface area contributed by atoms with Crippen molar-refractivity contribution in [3.8, 4) is 0 Å². The second-order valence-corrected chi connectivity index (χ2v) is 7.79. The van der Waals surface area contributed by atoms with Crippen molar-refractivity contribution in [1.29, 1.82) is 0 Å². The van der Waals surface area contributed by atoms with Gasteiger partial charge in [-0.2, -0.15) is 0 Å². The van der Waals surface area contributed by atoms with E-state index in [-0.39, 0.29) is 17.6 Å². The minimum absolute atomic E-state index is 0.00527. The Balaban J connectivity index is 2.01. The Kier molecular flexibility index (Phi) is 6.57. The van der Waals surface area contributed by atoms with Crippen molar-refractivity contribution in [2.24, 2.45) is 0 Å². The van der Waals surface area contributed by atoms with Gasteiger partial charge in [0.1, 0.15) is 6.04 Å². The molecule has 26 heavy (non-hydrogen) atoms. The van der Waals surface area contributed by atoms with Crippen molar-refractivity contribution in [2.75, 3.05) is 0 Å². The standard InChI is InChI=1S/C21H24ClNO3/c1-21(2,3)16-8-6-15(7-9-16)19(24)12-18(20(25)26)23-13-14-4-10-17(22)11-5-14/h4-11,18,23H,12-13H2,1-3H3,(H,25,26). The van der Waals surface area contributed by atoms with E-state index >= 15 is 0 Å². The summed E-state index contributed by atoms with van der Waals surface area (Å²) in [4.78, 5) is 23.9. The minimum atomic E-state index is -1.04. The molecule has 0 aliphatic heterocycles. The van der Waals surface area contributed by atoms with Gasteiger partial charge in [-0.15, -0.1) is 0 Å². The van der Waals surface area contributed by atoms with Gasteiger partial charge in [0, 0.05) is 23.6 Å². The van der Waals surface area contributed by atoms with Gasteiger partial charge in [-0.3, -0.25) is 14.9 Å². The number of carboxylic acids is 1. The van der Waals surface area contributed by atoms with E-state index in [4.69, 9.17) is 11.6 Å². The molecule has 4 nitrogen and oxygen atoms in total. The lowest BCUT2D eigenvalue weighted by Gasteiger charge is -2.19. The lowest BCUT2D eigenvalue weighted by atomic mass is 9.86. The molecule has 0 saturated carbocycles. The minimum Gasteiger partial charge on any atom is -0.480 e. The lowest BCUT2D eigenvalue weighted by Crippen LogP contribution is -2.38. The molecule has 5 heteroatoms. The average molecular weight is 374 g/mol. The number of hydrogen-bond donors (Lipinski definition) is 2. The van der Waals surface area contributed by atoms with Crippen LogP contribution < -0.4 is 5.32 Å². The molecule has 1 unspecified atom stereocenters. The van der Waals surface area contributed by atoms with Crippen LogP contribution in [0.5, 0.6) is 0 Å². The van der Waals surface area contributed by atoms with Crippen LogP contribution in [0.15, 0.2) is 48.5 Å². The molecule has 0 aliphatic carbocycles. The van der Waals surface area contributed by atoms with E-state index in [1.807, 2.05) is 24.3 Å². The number of ketones is 1. The van der Waals surface area contributed by atoms with Crippen molar-refractivity contribution in [3.05, 3.63) is 70.2 Å². The highest BCUT2D eigenvalue weighted by atomic mass is 35.5. The summed E-state index contributed by atoms with van der Waals surface area (Å²) in [5.74, 6) is -1.24. The van der Waals surface area contributed by atoms with Crippen molar-refractivity contribution < 1.29 is 14.7 Å². The maximum absolute atomic E-state index is 12.5. The Hall–Kier alpha value is -2.17. The molecule has 0 radical (unpaired) electrons. The number of nitrogens with one attached hydrogen (secondary N) is 1. The van der Waals surface area contributed by atoms with Gasteiger partial charge in [0.2, 0.25) is 0 Å². The fourth-order valence-electron chi connectivity index (χ4n) is 2.55. The third-order valence-corrected chi connectivity index (χ3v) is 4.48. The van der Waals surface area contributed by atoms with Crippen LogP contribution in [0.1, 0.15) is 48.7 Å². The molecule has 0 spiro atoms. The third kappa shape index (κ3) is 5.68. The second kappa shape index (κ2) is 8.47. The summed E-state index contributed by atoms with van der Waals surface area (Å²) in [7, 11) is 0. The Labute approximate surface area is 159 Å². The van der Waals surface area contributed by atoms with Crippen molar-refractivity contribution in [1.82, 2.24) is 5.32 Å². The van der Waals surface area contributed by atoms with E-state index in [1.54, 1.807) is 24.3 Å². The SMILES string of the molecule is CC(C)(C)c1ccc(C(=O)CC(NCc2ccc(Cl)cc2)C(=O)O)cc1. The molecule has 0 heterocycles. The Morgan fingerprint density at radius 1 is 1.04 bits per heavy atom. The van der Waals surface area contributed by atoms with Crippen LogP contribution in [0.4, 0.5) is 0 Å². The molecule has 0 fully saturated rings. The van der Waals surface area contributed by atoms with Crippen LogP contribution in [0.3, 0.4) is 0 Å². The first kappa shape index (κ1) is 20.1. The number of carboxylic acid groups (broad SMARTS) is 1. The van der Waals surface area contributed by atoms with Gasteiger partial charge in [0.25, 0.3) is 0 Å². The molecule has 1 atom stereocenters. The number of halogens is 1. The van der Waals surface area contributed by atoms with Gasteiger partial charge in [-0.25, -0.2) is 0 Å². The van der Waals surface area contributed by atoms with Crippen LogP contribution in [0.25, 0.3) is 0 Å². The Morgan fingerprint density at radius 3 is 2.12 bits per heavy atom. The van der Waals surface area contributed by atoms with E-state index < -0.39 is 12.0 Å². The van der Waals surface area contributed by atoms with Crippen LogP contribution in [-0.2, 0) is 16.8 Å². The lowest BCUT2D eigenvalue weighted by molar-refractivity contribution is -0.139. The number of carbonyl (C=O) groups excluding carboxylic acids is 1. The molecule has 2 aromatic rings. The molecule has 2 aromatic carbocycles. The zero-order valence-electron chi connectivity index (χ0n) is 15.3. The molecule has 2 rings (SSSR count). The molecular formula is C21H24ClNO3. The summed E-state index contributed by atoms with van der Waals surface area (Å²) in [6, 6.07) is 13.6. The molecule has 0 saturated heterocycles. The summed E-state index contributed by atoms with van der Waals surface area (Å²) < 4.78 is 0. The maximum atomic E-state index is 12.5. The van der Waals surface area contributed by atoms with E-state index in [1.165, 1.54) is 0 Å². The predicted molar refractivity (Wildman–Crippen MR) is 104 cm³/mol. The number of Topliss-reactive ketones (excluding diaryl/α,β-unsaturated/α-hetero) is 1. The molecule has 0 amide bonds. The van der Waals surface area contributed by atoms with Gasteiger partial charge < -0.3 is 5.11 Å². The topological polar surface area (TPSA) is 66.4 Å². The van der Waals surface area contributed by atoms with Gasteiger partial charge in [0.15, 0.2) is 5.78 Å². The van der Waals surface area contributed by atoms with E-state index in [0.29, 0.717) is 17.1 Å². The highest BCUT2D eigenvalue weighted by molar-refractivity contribution is 6.30. The first-order valence-electron chi connectivity index (χ1n) is 8.51. The highest BCUT2D eigenvalue weighted by Gasteiger charge is 2.22. The molecule has 0 aromatic heterocycles. The quantitative estimate of drug-likeness (QED) is 0.703. The summed E-state index contributed by atoms with van der Waals surface area (Å²) in [5, 5.41) is 13.0. The van der Waals surface area contributed by atoms with Crippen molar-refractivity contribution >= 4 is 23.4 Å². The van der Waals surface area contributed by atoms with E-state index in [0.717, 1.165) is 11.1 Å². The molecule has 0 bridgehead atoms. The summed E-state index contributed by atoms with van der Waals surface area (Å²) in [6.07, 6.45) is -0.0994. The largest absolute Gasteiger partial charge is 0.480 e. The number of carbonyl (C=O) groups is 2. The smallest absolute Gasteiger partial charge is 0.321 e. The number of hydrogen-bond acceptors (Lipinski definition) is 3. The van der Waals surface area contributed by atoms with Gasteiger partial charge in [0.05, 0.1) is 0 Å². The predicted octanol–water partition coefficient (Wildman–Crippen LogP) is 4.45. The zero-order chi connectivity index (χ0) is 19.3. The van der Waals surface area contributed by atoms with Crippen LogP contribution in [-0.4, -0.2) is 22.9 Å². The van der Waals surface area contributed by atoms with E-state index in [9.17, 15) is 14.7 Å². The van der Waals surface area contributed by atoms with Gasteiger partial charge >= 0.3 is 5.97 Å². The molecular weight excluding hydrogens is 350 g/mol. The van der Waals surface area contributed by atoms with Crippen LogP contribution in [0.2, 0.25) is 5.02 Å². The fraction of sp³-hybridized carbons (Fsp3) is 0.333. The maximum Gasteiger partial charge on any atom is 0.321 e. The zero-order valence-corrected chi connectivity index (χ0v) is 16.0. The monoisotopic (exact) mass is 373 g/mol.